The van der Waals surface area contributed by atoms with Crippen LogP contribution in [0, 0.1) is 5.92 Å². The largest absolute Gasteiger partial charge is 0.493 e. The van der Waals surface area contributed by atoms with Crippen LogP contribution in [0.2, 0.25) is 0 Å². The van der Waals surface area contributed by atoms with Gasteiger partial charge >= 0.3 is 5.97 Å². The maximum atomic E-state index is 11.4. The number of esters is 1. The topological polar surface area (TPSA) is 48.4 Å². The molecule has 0 bridgehead atoms. The van der Waals surface area contributed by atoms with Crippen LogP contribution in [0.25, 0.3) is 0 Å². The summed E-state index contributed by atoms with van der Waals surface area (Å²) in [5.74, 6) is 1.25. The standard InChI is InChI=1S/C11H13NO3/c1-14-9-4-5-12-7-10(9)15-11(13)6-8-2-3-8/h4-5,7-8H,2-3,6H2,1H3. The summed E-state index contributed by atoms with van der Waals surface area (Å²) in [7, 11) is 1.54. The molecule has 1 aromatic rings. The lowest BCUT2D eigenvalue weighted by Crippen LogP contribution is -2.09. The molecule has 4 nitrogen and oxygen atoms in total. The van der Waals surface area contributed by atoms with Crippen molar-refractivity contribution in [2.45, 2.75) is 19.3 Å². The first-order chi connectivity index (χ1) is 7.29. The highest BCUT2D eigenvalue weighted by Gasteiger charge is 2.25. The van der Waals surface area contributed by atoms with Crippen LogP contribution in [-0.2, 0) is 4.79 Å². The maximum Gasteiger partial charge on any atom is 0.311 e. The zero-order valence-electron chi connectivity index (χ0n) is 8.60. The van der Waals surface area contributed by atoms with Crippen molar-refractivity contribution in [2.75, 3.05) is 7.11 Å². The van der Waals surface area contributed by atoms with Crippen molar-refractivity contribution >= 4 is 5.97 Å². The zero-order chi connectivity index (χ0) is 10.7. The molecule has 0 aromatic carbocycles. The number of carbonyl (C=O) groups excluding carboxylic acids is 1. The van der Waals surface area contributed by atoms with Crippen molar-refractivity contribution in [1.82, 2.24) is 4.98 Å². The SMILES string of the molecule is COc1ccncc1OC(=O)CC1CC1. The molecule has 4 heteroatoms. The monoisotopic (exact) mass is 207 g/mol. The van der Waals surface area contributed by atoms with Gasteiger partial charge < -0.3 is 9.47 Å². The average Bonchev–Trinajstić information content (AvgIpc) is 3.02. The normalized spacial score (nSPS) is 14.7. The highest BCUT2D eigenvalue weighted by molar-refractivity contribution is 5.73. The molecule has 1 aromatic heterocycles. The molecule has 1 aliphatic carbocycles. The number of carbonyl (C=O) groups is 1. The summed E-state index contributed by atoms with van der Waals surface area (Å²) >= 11 is 0. The first kappa shape index (κ1) is 9.96. The van der Waals surface area contributed by atoms with Gasteiger partial charge in [0.05, 0.1) is 13.3 Å². The summed E-state index contributed by atoms with van der Waals surface area (Å²) in [5, 5.41) is 0. The van der Waals surface area contributed by atoms with Crippen LogP contribution in [0.5, 0.6) is 11.5 Å². The second-order valence-corrected chi connectivity index (χ2v) is 3.65. The molecule has 1 fully saturated rings. The van der Waals surface area contributed by atoms with Crippen molar-refractivity contribution in [3.05, 3.63) is 18.5 Å². The molecular weight excluding hydrogens is 194 g/mol. The van der Waals surface area contributed by atoms with E-state index in [1.807, 2.05) is 0 Å². The Bertz CT molecular complexity index is 361. The van der Waals surface area contributed by atoms with Gasteiger partial charge in [-0.05, 0) is 18.8 Å². The van der Waals surface area contributed by atoms with Crippen LogP contribution in [0.4, 0.5) is 0 Å². The molecule has 2 rings (SSSR count). The summed E-state index contributed by atoms with van der Waals surface area (Å²) in [5.41, 5.74) is 0. The van der Waals surface area contributed by atoms with Gasteiger partial charge in [0.25, 0.3) is 0 Å². The quantitative estimate of drug-likeness (QED) is 0.706. The first-order valence-electron chi connectivity index (χ1n) is 4.98. The van der Waals surface area contributed by atoms with E-state index >= 15 is 0 Å². The molecule has 1 heterocycles. The lowest BCUT2D eigenvalue weighted by Gasteiger charge is -2.07. The van der Waals surface area contributed by atoms with Gasteiger partial charge in [-0.25, -0.2) is 0 Å². The Morgan fingerprint density at radius 2 is 2.33 bits per heavy atom. The predicted octanol–water partition coefficient (Wildman–Crippen LogP) is 1.80. The average molecular weight is 207 g/mol. The van der Waals surface area contributed by atoms with Crippen LogP contribution in [-0.4, -0.2) is 18.1 Å². The van der Waals surface area contributed by atoms with E-state index in [0.29, 0.717) is 23.8 Å². The molecule has 1 saturated carbocycles. The summed E-state index contributed by atoms with van der Waals surface area (Å²) in [4.78, 5) is 15.3. The minimum Gasteiger partial charge on any atom is -0.493 e. The lowest BCUT2D eigenvalue weighted by molar-refractivity contribution is -0.134. The molecule has 0 N–H and O–H groups in total. The van der Waals surface area contributed by atoms with Crippen LogP contribution in [0.1, 0.15) is 19.3 Å². The van der Waals surface area contributed by atoms with Crippen molar-refractivity contribution in [1.29, 1.82) is 0 Å². The third-order valence-corrected chi connectivity index (χ3v) is 2.34. The molecule has 0 atom stereocenters. The van der Waals surface area contributed by atoms with Gasteiger partial charge in [-0.1, -0.05) is 0 Å². The van der Waals surface area contributed by atoms with Crippen molar-refractivity contribution < 1.29 is 14.3 Å². The predicted molar refractivity (Wildman–Crippen MR) is 53.8 cm³/mol. The zero-order valence-corrected chi connectivity index (χ0v) is 8.60. The fourth-order valence-electron chi connectivity index (χ4n) is 1.33. The highest BCUT2D eigenvalue weighted by Crippen LogP contribution is 2.33. The van der Waals surface area contributed by atoms with Crippen LogP contribution in [0.15, 0.2) is 18.5 Å². The van der Waals surface area contributed by atoms with Gasteiger partial charge in [0.2, 0.25) is 0 Å². The molecule has 1 aliphatic rings. The number of hydrogen-bond donors (Lipinski definition) is 0. The molecule has 0 amide bonds. The van der Waals surface area contributed by atoms with Gasteiger partial charge in [-0.2, -0.15) is 0 Å². The van der Waals surface area contributed by atoms with E-state index in [4.69, 9.17) is 9.47 Å². The Morgan fingerprint density at radius 1 is 1.53 bits per heavy atom. The second-order valence-electron chi connectivity index (χ2n) is 3.65. The third-order valence-electron chi connectivity index (χ3n) is 2.34. The van der Waals surface area contributed by atoms with Crippen molar-refractivity contribution in [3.8, 4) is 11.5 Å². The number of aromatic nitrogens is 1. The molecule has 0 unspecified atom stereocenters. The summed E-state index contributed by atoms with van der Waals surface area (Å²) in [6, 6.07) is 1.67. The van der Waals surface area contributed by atoms with E-state index in [0.717, 1.165) is 12.8 Å². The van der Waals surface area contributed by atoms with Crippen LogP contribution in [0.3, 0.4) is 0 Å². The number of rotatable bonds is 4. The summed E-state index contributed by atoms with van der Waals surface area (Å²) in [6.07, 6.45) is 5.86. The number of nitrogens with zero attached hydrogens (tertiary/aromatic N) is 1. The van der Waals surface area contributed by atoms with Gasteiger partial charge in [0.1, 0.15) is 0 Å². The van der Waals surface area contributed by atoms with E-state index in [9.17, 15) is 4.79 Å². The molecular formula is C11H13NO3. The number of ether oxygens (including phenoxy) is 2. The molecule has 0 saturated heterocycles. The summed E-state index contributed by atoms with van der Waals surface area (Å²) in [6.45, 7) is 0. The highest BCUT2D eigenvalue weighted by atomic mass is 16.6. The molecule has 0 aliphatic heterocycles. The fourth-order valence-corrected chi connectivity index (χ4v) is 1.33. The van der Waals surface area contributed by atoms with Gasteiger partial charge in [0.15, 0.2) is 11.5 Å². The smallest absolute Gasteiger partial charge is 0.311 e. The van der Waals surface area contributed by atoms with E-state index in [1.54, 1.807) is 12.3 Å². The van der Waals surface area contributed by atoms with E-state index < -0.39 is 0 Å². The minimum absolute atomic E-state index is 0.205. The lowest BCUT2D eigenvalue weighted by atomic mass is 10.3. The number of hydrogen-bond acceptors (Lipinski definition) is 4. The van der Waals surface area contributed by atoms with E-state index in [-0.39, 0.29) is 5.97 Å². The van der Waals surface area contributed by atoms with Crippen LogP contribution < -0.4 is 9.47 Å². The minimum atomic E-state index is -0.205. The Balaban J connectivity index is 1.98. The van der Waals surface area contributed by atoms with Crippen molar-refractivity contribution in [3.63, 3.8) is 0 Å². The Labute approximate surface area is 88.2 Å². The Morgan fingerprint density at radius 3 is 3.00 bits per heavy atom. The number of pyridine rings is 1. The second kappa shape index (κ2) is 4.29. The van der Waals surface area contributed by atoms with E-state index in [2.05, 4.69) is 4.98 Å². The maximum absolute atomic E-state index is 11.4. The van der Waals surface area contributed by atoms with Crippen molar-refractivity contribution in [2.24, 2.45) is 5.92 Å². The first-order valence-corrected chi connectivity index (χ1v) is 4.98. The molecule has 0 radical (unpaired) electrons. The van der Waals surface area contributed by atoms with Gasteiger partial charge in [-0.15, -0.1) is 0 Å². The summed E-state index contributed by atoms with van der Waals surface area (Å²) < 4.78 is 10.2. The van der Waals surface area contributed by atoms with Crippen LogP contribution >= 0.6 is 0 Å². The number of methoxy groups -OCH3 is 1. The molecule has 15 heavy (non-hydrogen) atoms. The Hall–Kier alpha value is -1.58. The van der Waals surface area contributed by atoms with Gasteiger partial charge in [-0.3, -0.25) is 9.78 Å². The van der Waals surface area contributed by atoms with Gasteiger partial charge in [0, 0.05) is 18.7 Å². The molecule has 80 valence electrons. The molecule has 0 spiro atoms. The Kier molecular flexibility index (Phi) is 2.85. The third kappa shape index (κ3) is 2.68. The van der Waals surface area contributed by atoms with E-state index in [1.165, 1.54) is 13.3 Å². The fraction of sp³-hybridized carbons (Fsp3) is 0.455.